The Bertz CT molecular complexity index is 809. The Morgan fingerprint density at radius 2 is 2.05 bits per heavy atom. The molecule has 0 aliphatic heterocycles. The van der Waals surface area contributed by atoms with Crippen molar-refractivity contribution < 1.29 is 17.7 Å². The molecule has 0 amide bonds. The van der Waals surface area contributed by atoms with Crippen molar-refractivity contribution in [1.82, 2.24) is 9.88 Å². The monoisotopic (exact) mass is 320 g/mol. The third kappa shape index (κ3) is 3.47. The molecule has 1 heterocycles. The van der Waals surface area contributed by atoms with Crippen molar-refractivity contribution in [2.24, 2.45) is 0 Å². The van der Waals surface area contributed by atoms with Gasteiger partial charge in [-0.05, 0) is 26.0 Å². The van der Waals surface area contributed by atoms with Crippen LogP contribution in [0.4, 0.5) is 0 Å². The molecule has 22 heavy (non-hydrogen) atoms. The Hall–Kier alpha value is -2.30. The first-order valence-electron chi connectivity index (χ1n) is 6.50. The zero-order chi connectivity index (χ0) is 16.2. The average molecular weight is 320 g/mol. The van der Waals surface area contributed by atoms with Crippen molar-refractivity contribution in [3.05, 3.63) is 41.3 Å². The van der Waals surface area contributed by atoms with Gasteiger partial charge >= 0.3 is 0 Å². The largest absolute Gasteiger partial charge is 0.495 e. The molecule has 0 aliphatic carbocycles. The van der Waals surface area contributed by atoms with Crippen molar-refractivity contribution in [2.45, 2.75) is 18.7 Å². The van der Waals surface area contributed by atoms with Gasteiger partial charge in [0.1, 0.15) is 16.3 Å². The number of methoxy groups -OCH3 is 1. The molecule has 0 unspecified atom stereocenters. The van der Waals surface area contributed by atoms with E-state index in [0.29, 0.717) is 17.0 Å². The van der Waals surface area contributed by atoms with Crippen LogP contribution in [0.2, 0.25) is 0 Å². The molecule has 0 radical (unpaired) electrons. The number of aromatic nitrogens is 1. The Morgan fingerprint density at radius 1 is 1.32 bits per heavy atom. The summed E-state index contributed by atoms with van der Waals surface area (Å²) in [5.41, 5.74) is 1.02. The predicted octanol–water partition coefficient (Wildman–Crippen LogP) is 1.63. The first-order valence-corrected chi connectivity index (χ1v) is 7.98. The van der Waals surface area contributed by atoms with Crippen LogP contribution in [-0.4, -0.2) is 27.2 Å². The number of hydrogen-bond donors (Lipinski definition) is 1. The van der Waals surface area contributed by atoms with E-state index in [1.807, 2.05) is 12.1 Å². The SMILES string of the molecule is COc1ccccc1C#CCNS(=O)(=O)c1c(C)noc1C. The molecule has 0 bridgehead atoms. The number of nitrogens with zero attached hydrogens (tertiary/aromatic N) is 1. The summed E-state index contributed by atoms with van der Waals surface area (Å²) in [4.78, 5) is 0.0617. The molecule has 7 heteroatoms. The second-order valence-electron chi connectivity index (χ2n) is 4.48. The summed E-state index contributed by atoms with van der Waals surface area (Å²) in [6, 6.07) is 7.26. The van der Waals surface area contributed by atoms with Crippen molar-refractivity contribution >= 4 is 10.0 Å². The van der Waals surface area contributed by atoms with Crippen LogP contribution in [0, 0.1) is 25.7 Å². The number of aryl methyl sites for hydroxylation is 2. The van der Waals surface area contributed by atoms with Gasteiger partial charge < -0.3 is 9.26 Å². The normalized spacial score (nSPS) is 10.9. The van der Waals surface area contributed by atoms with Gasteiger partial charge in [-0.3, -0.25) is 0 Å². The van der Waals surface area contributed by atoms with Gasteiger partial charge in [-0.1, -0.05) is 29.1 Å². The fourth-order valence-corrected chi connectivity index (χ4v) is 3.20. The second kappa shape index (κ2) is 6.64. The van der Waals surface area contributed by atoms with Gasteiger partial charge in [0.2, 0.25) is 10.0 Å². The highest BCUT2D eigenvalue weighted by atomic mass is 32.2. The van der Waals surface area contributed by atoms with E-state index < -0.39 is 10.0 Å². The molecule has 0 fully saturated rings. The van der Waals surface area contributed by atoms with Gasteiger partial charge in [-0.15, -0.1) is 0 Å². The van der Waals surface area contributed by atoms with Crippen molar-refractivity contribution in [1.29, 1.82) is 0 Å². The maximum absolute atomic E-state index is 12.2. The number of benzene rings is 1. The van der Waals surface area contributed by atoms with Crippen molar-refractivity contribution in [3.63, 3.8) is 0 Å². The van der Waals surface area contributed by atoms with Crippen LogP contribution in [0.3, 0.4) is 0 Å². The molecule has 116 valence electrons. The number of para-hydroxylation sites is 1. The number of sulfonamides is 1. The van der Waals surface area contributed by atoms with Crippen LogP contribution in [0.15, 0.2) is 33.7 Å². The summed E-state index contributed by atoms with van der Waals surface area (Å²) in [6.07, 6.45) is 0. The zero-order valence-electron chi connectivity index (χ0n) is 12.5. The highest BCUT2D eigenvalue weighted by molar-refractivity contribution is 7.89. The van der Waals surface area contributed by atoms with Gasteiger partial charge in [0.25, 0.3) is 0 Å². The summed E-state index contributed by atoms with van der Waals surface area (Å²) in [5, 5.41) is 3.63. The van der Waals surface area contributed by atoms with Crippen LogP contribution in [0.1, 0.15) is 17.0 Å². The highest BCUT2D eigenvalue weighted by Crippen LogP contribution is 2.18. The van der Waals surface area contributed by atoms with Crippen LogP contribution in [0.5, 0.6) is 5.75 Å². The maximum Gasteiger partial charge on any atom is 0.246 e. The highest BCUT2D eigenvalue weighted by Gasteiger charge is 2.23. The average Bonchev–Trinajstić information content (AvgIpc) is 2.84. The zero-order valence-corrected chi connectivity index (χ0v) is 13.3. The minimum atomic E-state index is -3.69. The van der Waals surface area contributed by atoms with E-state index in [2.05, 4.69) is 21.7 Å². The van der Waals surface area contributed by atoms with E-state index in [1.54, 1.807) is 33.1 Å². The fourth-order valence-electron chi connectivity index (χ4n) is 1.95. The van der Waals surface area contributed by atoms with Crippen LogP contribution < -0.4 is 9.46 Å². The molecule has 0 aliphatic rings. The lowest BCUT2D eigenvalue weighted by Crippen LogP contribution is -2.24. The molecule has 0 saturated carbocycles. The van der Waals surface area contributed by atoms with E-state index in [9.17, 15) is 8.42 Å². The Labute approximate surface area is 129 Å². The molecule has 1 aromatic heterocycles. The topological polar surface area (TPSA) is 81.4 Å². The minimum Gasteiger partial charge on any atom is -0.495 e. The van der Waals surface area contributed by atoms with Crippen LogP contribution in [0.25, 0.3) is 0 Å². The Balaban J connectivity index is 2.10. The van der Waals surface area contributed by atoms with Crippen molar-refractivity contribution in [2.75, 3.05) is 13.7 Å². The van der Waals surface area contributed by atoms with E-state index in [4.69, 9.17) is 9.26 Å². The Morgan fingerprint density at radius 3 is 2.68 bits per heavy atom. The number of rotatable bonds is 4. The lowest BCUT2D eigenvalue weighted by Gasteiger charge is -2.03. The summed E-state index contributed by atoms with van der Waals surface area (Å²) < 4.78 is 36.8. The molecular formula is C15H16N2O4S. The summed E-state index contributed by atoms with van der Waals surface area (Å²) >= 11 is 0. The smallest absolute Gasteiger partial charge is 0.246 e. The molecule has 0 saturated heterocycles. The van der Waals surface area contributed by atoms with Gasteiger partial charge in [0, 0.05) is 0 Å². The first-order chi connectivity index (χ1) is 10.5. The van der Waals surface area contributed by atoms with Crippen LogP contribution in [-0.2, 0) is 10.0 Å². The summed E-state index contributed by atoms with van der Waals surface area (Å²) in [5.74, 6) is 6.53. The molecule has 2 aromatic rings. The summed E-state index contributed by atoms with van der Waals surface area (Å²) in [7, 11) is -2.13. The molecule has 0 spiro atoms. The van der Waals surface area contributed by atoms with E-state index in [0.717, 1.165) is 0 Å². The molecule has 2 rings (SSSR count). The third-order valence-corrected chi connectivity index (χ3v) is 4.56. The second-order valence-corrected chi connectivity index (χ2v) is 6.18. The minimum absolute atomic E-state index is 0.0234. The predicted molar refractivity (Wildman–Crippen MR) is 81.0 cm³/mol. The Kier molecular flexibility index (Phi) is 4.85. The number of hydrogen-bond acceptors (Lipinski definition) is 5. The summed E-state index contributed by atoms with van der Waals surface area (Å²) in [6.45, 7) is 3.10. The standard InChI is InChI=1S/C15H16N2O4S/c1-11-15(12(2)21-17-11)22(18,19)16-10-6-8-13-7-4-5-9-14(13)20-3/h4-5,7,9,16H,10H2,1-3H3. The van der Waals surface area contributed by atoms with Gasteiger partial charge in [-0.25, -0.2) is 8.42 Å². The van der Waals surface area contributed by atoms with Gasteiger partial charge in [-0.2, -0.15) is 4.72 Å². The van der Waals surface area contributed by atoms with Gasteiger partial charge in [0.05, 0.1) is 19.2 Å². The quantitative estimate of drug-likeness (QED) is 0.866. The van der Waals surface area contributed by atoms with Crippen molar-refractivity contribution in [3.8, 4) is 17.6 Å². The van der Waals surface area contributed by atoms with Gasteiger partial charge in [0.15, 0.2) is 5.76 Å². The molecule has 6 nitrogen and oxygen atoms in total. The lowest BCUT2D eigenvalue weighted by molar-refractivity contribution is 0.390. The molecular weight excluding hydrogens is 304 g/mol. The van der Waals surface area contributed by atoms with E-state index >= 15 is 0 Å². The van der Waals surface area contributed by atoms with E-state index in [-0.39, 0.29) is 17.2 Å². The third-order valence-electron chi connectivity index (χ3n) is 2.92. The number of ether oxygens (including phenoxy) is 1. The molecule has 0 atom stereocenters. The first kappa shape index (κ1) is 16.1. The number of nitrogens with one attached hydrogen (secondary N) is 1. The fraction of sp³-hybridized carbons (Fsp3) is 0.267. The molecule has 1 aromatic carbocycles. The van der Waals surface area contributed by atoms with E-state index in [1.165, 1.54) is 0 Å². The maximum atomic E-state index is 12.2. The van der Waals surface area contributed by atoms with Crippen LogP contribution >= 0.6 is 0 Å². The lowest BCUT2D eigenvalue weighted by atomic mass is 10.2. The molecule has 1 N–H and O–H groups in total.